The monoisotopic (exact) mass is 354 g/mol. The van der Waals surface area contributed by atoms with Crippen molar-refractivity contribution in [2.45, 2.75) is 57.2 Å². The van der Waals surface area contributed by atoms with E-state index in [9.17, 15) is 13.6 Å². The Bertz CT molecular complexity index is 587. The first-order chi connectivity index (χ1) is 12.1. The standard InChI is InChI=1S/C18H24F2N2O3/c19-17(20)25-16-11-14(6-8-21-16)18(7-9-24-18)12-22-15(23)10-13-4-2-1-3-5-13/h6,8,11,13,17H,1-5,7,9-10,12H2,(H,22,23). The number of nitrogens with zero attached hydrogens (tertiary/aromatic N) is 1. The van der Waals surface area contributed by atoms with Gasteiger partial charge in [-0.3, -0.25) is 4.79 Å². The molecule has 1 N–H and O–H groups in total. The summed E-state index contributed by atoms with van der Waals surface area (Å²) in [6, 6.07) is 3.17. The van der Waals surface area contributed by atoms with Crippen LogP contribution in [0.1, 0.15) is 50.5 Å². The van der Waals surface area contributed by atoms with Gasteiger partial charge in [0.25, 0.3) is 0 Å². The van der Waals surface area contributed by atoms with E-state index >= 15 is 0 Å². The van der Waals surface area contributed by atoms with Gasteiger partial charge in [0.1, 0.15) is 5.60 Å². The zero-order valence-corrected chi connectivity index (χ0v) is 14.2. The van der Waals surface area contributed by atoms with Gasteiger partial charge in [-0.05, 0) is 30.4 Å². The van der Waals surface area contributed by atoms with Gasteiger partial charge in [-0.15, -0.1) is 0 Å². The number of carbonyl (C=O) groups is 1. The van der Waals surface area contributed by atoms with Crippen molar-refractivity contribution in [3.63, 3.8) is 0 Å². The van der Waals surface area contributed by atoms with Crippen LogP contribution in [0.25, 0.3) is 0 Å². The molecule has 25 heavy (non-hydrogen) atoms. The molecule has 1 atom stereocenters. The second-order valence-electron chi connectivity index (χ2n) is 6.84. The van der Waals surface area contributed by atoms with Crippen LogP contribution in [-0.2, 0) is 15.1 Å². The first-order valence-electron chi connectivity index (χ1n) is 8.89. The van der Waals surface area contributed by atoms with Crippen molar-refractivity contribution in [1.29, 1.82) is 0 Å². The van der Waals surface area contributed by atoms with Crippen LogP contribution < -0.4 is 10.1 Å². The number of amides is 1. The number of carbonyl (C=O) groups excluding carboxylic acids is 1. The Morgan fingerprint density at radius 3 is 2.80 bits per heavy atom. The van der Waals surface area contributed by atoms with Gasteiger partial charge in [0.15, 0.2) is 0 Å². The predicted molar refractivity (Wildman–Crippen MR) is 87.3 cm³/mol. The molecular formula is C18H24F2N2O3. The maximum atomic E-state index is 12.4. The number of halogens is 2. The number of hydrogen-bond donors (Lipinski definition) is 1. The fourth-order valence-corrected chi connectivity index (χ4v) is 3.63. The fourth-order valence-electron chi connectivity index (χ4n) is 3.63. The number of alkyl halides is 2. The van der Waals surface area contributed by atoms with E-state index in [-0.39, 0.29) is 11.8 Å². The van der Waals surface area contributed by atoms with Crippen LogP contribution in [0.3, 0.4) is 0 Å². The molecule has 2 heterocycles. The summed E-state index contributed by atoms with van der Waals surface area (Å²) in [4.78, 5) is 16.0. The molecule has 1 saturated heterocycles. The molecule has 0 radical (unpaired) electrons. The molecule has 1 aromatic rings. The molecule has 1 unspecified atom stereocenters. The zero-order chi connectivity index (χ0) is 17.7. The third-order valence-corrected chi connectivity index (χ3v) is 5.12. The molecule has 5 nitrogen and oxygen atoms in total. The Hall–Kier alpha value is -1.76. The maximum absolute atomic E-state index is 12.4. The summed E-state index contributed by atoms with van der Waals surface area (Å²) < 4.78 is 34.8. The summed E-state index contributed by atoms with van der Waals surface area (Å²) in [5, 5.41) is 2.96. The van der Waals surface area contributed by atoms with Crippen LogP contribution in [0.2, 0.25) is 0 Å². The van der Waals surface area contributed by atoms with E-state index in [2.05, 4.69) is 15.0 Å². The van der Waals surface area contributed by atoms with Crippen LogP contribution >= 0.6 is 0 Å². The molecule has 0 aromatic carbocycles. The minimum absolute atomic E-state index is 0.0277. The van der Waals surface area contributed by atoms with Crippen molar-refractivity contribution in [1.82, 2.24) is 10.3 Å². The largest absolute Gasteiger partial charge is 0.417 e. The van der Waals surface area contributed by atoms with Crippen molar-refractivity contribution in [2.24, 2.45) is 5.92 Å². The normalized spacial score (nSPS) is 24.0. The average molecular weight is 354 g/mol. The number of ether oxygens (including phenoxy) is 2. The quantitative estimate of drug-likeness (QED) is 0.815. The highest BCUT2D eigenvalue weighted by Crippen LogP contribution is 2.38. The molecule has 1 amide bonds. The Labute approximate surface area is 146 Å². The van der Waals surface area contributed by atoms with E-state index in [0.717, 1.165) is 19.3 Å². The van der Waals surface area contributed by atoms with E-state index in [1.165, 1.54) is 31.5 Å². The number of rotatable bonds is 7. The van der Waals surface area contributed by atoms with Gasteiger partial charge in [-0.1, -0.05) is 19.3 Å². The molecule has 2 aliphatic rings. The molecule has 1 aliphatic carbocycles. The summed E-state index contributed by atoms with van der Waals surface area (Å²) in [6.45, 7) is -2.01. The molecule has 3 rings (SSSR count). The first-order valence-corrected chi connectivity index (χ1v) is 8.89. The van der Waals surface area contributed by atoms with E-state index in [4.69, 9.17) is 4.74 Å². The second-order valence-corrected chi connectivity index (χ2v) is 6.84. The van der Waals surface area contributed by atoms with Crippen molar-refractivity contribution >= 4 is 5.91 Å². The van der Waals surface area contributed by atoms with Gasteiger partial charge in [-0.2, -0.15) is 8.78 Å². The van der Waals surface area contributed by atoms with Crippen LogP contribution in [0.5, 0.6) is 5.88 Å². The number of pyridine rings is 1. The van der Waals surface area contributed by atoms with E-state index < -0.39 is 12.2 Å². The van der Waals surface area contributed by atoms with Crippen molar-refractivity contribution in [2.75, 3.05) is 13.2 Å². The van der Waals surface area contributed by atoms with Crippen molar-refractivity contribution in [3.8, 4) is 5.88 Å². The third-order valence-electron chi connectivity index (χ3n) is 5.12. The van der Waals surface area contributed by atoms with Crippen LogP contribution in [0, 0.1) is 5.92 Å². The van der Waals surface area contributed by atoms with Gasteiger partial charge in [0, 0.05) is 25.1 Å². The molecule has 7 heteroatoms. The van der Waals surface area contributed by atoms with Crippen LogP contribution in [0.4, 0.5) is 8.78 Å². The highest BCUT2D eigenvalue weighted by Gasteiger charge is 2.41. The number of hydrogen-bond acceptors (Lipinski definition) is 4. The van der Waals surface area contributed by atoms with Crippen molar-refractivity contribution < 1.29 is 23.0 Å². The zero-order valence-electron chi connectivity index (χ0n) is 14.2. The minimum atomic E-state index is -2.92. The highest BCUT2D eigenvalue weighted by molar-refractivity contribution is 5.76. The summed E-state index contributed by atoms with van der Waals surface area (Å²) in [5.74, 6) is 0.356. The maximum Gasteiger partial charge on any atom is 0.388 e. The number of aromatic nitrogens is 1. The summed E-state index contributed by atoms with van der Waals surface area (Å²) in [6.07, 6.45) is 8.59. The average Bonchev–Trinajstić information content (AvgIpc) is 2.54. The molecule has 1 saturated carbocycles. The lowest BCUT2D eigenvalue weighted by Crippen LogP contribution is -2.50. The van der Waals surface area contributed by atoms with E-state index in [1.54, 1.807) is 6.07 Å². The lowest BCUT2D eigenvalue weighted by molar-refractivity contribution is -0.155. The van der Waals surface area contributed by atoms with Gasteiger partial charge in [-0.25, -0.2) is 4.98 Å². The topological polar surface area (TPSA) is 60.5 Å². The van der Waals surface area contributed by atoms with Gasteiger partial charge >= 0.3 is 6.61 Å². The first kappa shape index (κ1) is 18.0. The highest BCUT2D eigenvalue weighted by atomic mass is 19.3. The van der Waals surface area contributed by atoms with Crippen LogP contribution in [-0.4, -0.2) is 30.7 Å². The Morgan fingerprint density at radius 2 is 2.16 bits per heavy atom. The Balaban J connectivity index is 1.58. The molecule has 0 spiro atoms. The lowest BCUT2D eigenvalue weighted by Gasteiger charge is -2.42. The third kappa shape index (κ3) is 4.66. The molecule has 0 bridgehead atoms. The minimum Gasteiger partial charge on any atom is -0.417 e. The lowest BCUT2D eigenvalue weighted by atomic mass is 9.85. The molecule has 1 aliphatic heterocycles. The Morgan fingerprint density at radius 1 is 1.40 bits per heavy atom. The fraction of sp³-hybridized carbons (Fsp3) is 0.667. The summed E-state index contributed by atoms with van der Waals surface area (Å²) >= 11 is 0. The molecule has 2 fully saturated rings. The van der Waals surface area contributed by atoms with Gasteiger partial charge < -0.3 is 14.8 Å². The smallest absolute Gasteiger partial charge is 0.388 e. The second kappa shape index (κ2) is 8.08. The number of nitrogens with one attached hydrogen (secondary N) is 1. The summed E-state index contributed by atoms with van der Waals surface area (Å²) in [5.41, 5.74) is 0.0214. The van der Waals surface area contributed by atoms with Crippen molar-refractivity contribution in [3.05, 3.63) is 23.9 Å². The molecule has 1 aromatic heterocycles. The Kier molecular flexibility index (Phi) is 5.83. The van der Waals surface area contributed by atoms with E-state index in [0.29, 0.717) is 31.1 Å². The molecule has 138 valence electrons. The van der Waals surface area contributed by atoms with Gasteiger partial charge in [0.05, 0.1) is 13.2 Å². The summed E-state index contributed by atoms with van der Waals surface area (Å²) in [7, 11) is 0. The SMILES string of the molecule is O=C(CC1CCCCC1)NCC1(c2ccnc(OC(F)F)c2)CCO1. The van der Waals surface area contributed by atoms with Crippen LogP contribution in [0.15, 0.2) is 18.3 Å². The molecular weight excluding hydrogens is 330 g/mol. The van der Waals surface area contributed by atoms with Gasteiger partial charge in [0.2, 0.25) is 11.8 Å². The predicted octanol–water partition coefficient (Wildman–Crippen LogP) is 3.39. The van der Waals surface area contributed by atoms with E-state index in [1.807, 2.05) is 0 Å².